The molecular formula is C13H21N3O. The summed E-state index contributed by atoms with van der Waals surface area (Å²) in [4.78, 5) is 8.71. The summed E-state index contributed by atoms with van der Waals surface area (Å²) in [5, 5.41) is 9.34. The molecule has 4 heteroatoms. The fourth-order valence-electron chi connectivity index (χ4n) is 2.54. The van der Waals surface area contributed by atoms with E-state index in [9.17, 15) is 5.11 Å². The third-order valence-corrected chi connectivity index (χ3v) is 3.58. The standard InChI is InChI=1S/C13H21N3O/c1-15-7-3-4-12(9-15)16(2)13-5-6-14-8-11(13)10-17/h5-6,8,12,17H,3-4,7,9-10H2,1-2H3. The molecule has 94 valence electrons. The van der Waals surface area contributed by atoms with Crippen LogP contribution >= 0.6 is 0 Å². The summed E-state index contributed by atoms with van der Waals surface area (Å²) in [5.41, 5.74) is 2.01. The van der Waals surface area contributed by atoms with Gasteiger partial charge in [-0.1, -0.05) is 0 Å². The summed E-state index contributed by atoms with van der Waals surface area (Å²) < 4.78 is 0. The number of rotatable bonds is 3. The van der Waals surface area contributed by atoms with Crippen molar-refractivity contribution in [3.05, 3.63) is 24.0 Å². The van der Waals surface area contributed by atoms with E-state index in [0.29, 0.717) is 6.04 Å². The first-order valence-corrected chi connectivity index (χ1v) is 6.17. The molecule has 1 aliphatic heterocycles. The van der Waals surface area contributed by atoms with Crippen LogP contribution in [0.1, 0.15) is 18.4 Å². The van der Waals surface area contributed by atoms with Gasteiger partial charge in [-0.05, 0) is 32.5 Å². The zero-order valence-electron chi connectivity index (χ0n) is 10.6. The van der Waals surface area contributed by atoms with Crippen LogP contribution < -0.4 is 4.90 Å². The Kier molecular flexibility index (Phi) is 3.97. The lowest BCUT2D eigenvalue weighted by atomic mass is 10.0. The van der Waals surface area contributed by atoms with Crippen LogP contribution in [0, 0.1) is 0 Å². The minimum absolute atomic E-state index is 0.0517. The smallest absolute Gasteiger partial charge is 0.0717 e. The Morgan fingerprint density at radius 1 is 1.59 bits per heavy atom. The molecular weight excluding hydrogens is 214 g/mol. The molecule has 17 heavy (non-hydrogen) atoms. The Morgan fingerprint density at radius 2 is 2.41 bits per heavy atom. The van der Waals surface area contributed by atoms with Crippen LogP contribution in [-0.4, -0.2) is 48.2 Å². The van der Waals surface area contributed by atoms with E-state index < -0.39 is 0 Å². The molecule has 1 fully saturated rings. The molecule has 0 aromatic carbocycles. The number of anilines is 1. The maximum atomic E-state index is 9.34. The first kappa shape index (κ1) is 12.3. The van der Waals surface area contributed by atoms with Gasteiger partial charge >= 0.3 is 0 Å². The molecule has 0 bridgehead atoms. The maximum Gasteiger partial charge on any atom is 0.0717 e. The van der Waals surface area contributed by atoms with Crippen molar-refractivity contribution in [2.24, 2.45) is 0 Å². The third-order valence-electron chi connectivity index (χ3n) is 3.58. The van der Waals surface area contributed by atoms with E-state index in [4.69, 9.17) is 0 Å². The molecule has 1 aromatic rings. The highest BCUT2D eigenvalue weighted by Gasteiger charge is 2.22. The third kappa shape index (κ3) is 2.76. The second kappa shape index (κ2) is 5.47. The van der Waals surface area contributed by atoms with Gasteiger partial charge in [0.2, 0.25) is 0 Å². The lowest BCUT2D eigenvalue weighted by Crippen LogP contribution is -2.45. The van der Waals surface area contributed by atoms with Crippen molar-refractivity contribution in [1.29, 1.82) is 0 Å². The van der Waals surface area contributed by atoms with Crippen molar-refractivity contribution in [3.8, 4) is 0 Å². The quantitative estimate of drug-likeness (QED) is 0.852. The average Bonchev–Trinajstić information content (AvgIpc) is 2.38. The predicted octanol–water partition coefficient (Wildman–Crippen LogP) is 1.10. The van der Waals surface area contributed by atoms with Crippen molar-refractivity contribution >= 4 is 5.69 Å². The summed E-state index contributed by atoms with van der Waals surface area (Å²) in [6, 6.07) is 2.52. The summed E-state index contributed by atoms with van der Waals surface area (Å²) in [5.74, 6) is 0. The monoisotopic (exact) mass is 235 g/mol. The van der Waals surface area contributed by atoms with Crippen molar-refractivity contribution in [1.82, 2.24) is 9.88 Å². The van der Waals surface area contributed by atoms with E-state index in [0.717, 1.165) is 17.8 Å². The number of hydrogen-bond acceptors (Lipinski definition) is 4. The van der Waals surface area contributed by atoms with Crippen molar-refractivity contribution in [2.75, 3.05) is 32.1 Å². The van der Waals surface area contributed by atoms with Gasteiger partial charge in [0, 0.05) is 43.3 Å². The lowest BCUT2D eigenvalue weighted by Gasteiger charge is -2.37. The van der Waals surface area contributed by atoms with Crippen molar-refractivity contribution < 1.29 is 5.11 Å². The van der Waals surface area contributed by atoms with E-state index in [1.54, 1.807) is 12.4 Å². The first-order valence-electron chi connectivity index (χ1n) is 6.17. The summed E-state index contributed by atoms with van der Waals surface area (Å²) in [6.07, 6.45) is 6.00. The average molecular weight is 235 g/mol. The zero-order chi connectivity index (χ0) is 12.3. The number of likely N-dealkylation sites (N-methyl/N-ethyl adjacent to an activating group) is 2. The number of pyridine rings is 1. The molecule has 0 radical (unpaired) electrons. The minimum atomic E-state index is 0.0517. The lowest BCUT2D eigenvalue weighted by molar-refractivity contribution is 0.246. The van der Waals surface area contributed by atoms with Gasteiger partial charge in [-0.25, -0.2) is 0 Å². The van der Waals surface area contributed by atoms with Gasteiger partial charge in [-0.3, -0.25) is 4.98 Å². The summed E-state index contributed by atoms with van der Waals surface area (Å²) >= 11 is 0. The molecule has 1 aromatic heterocycles. The SMILES string of the molecule is CN1CCCC(N(C)c2ccncc2CO)C1. The number of likely N-dealkylation sites (tertiary alicyclic amines) is 1. The van der Waals surface area contributed by atoms with E-state index in [1.165, 1.54) is 19.4 Å². The highest BCUT2D eigenvalue weighted by molar-refractivity contribution is 5.52. The second-order valence-corrected chi connectivity index (χ2v) is 4.83. The highest BCUT2D eigenvalue weighted by atomic mass is 16.3. The summed E-state index contributed by atoms with van der Waals surface area (Å²) in [6.45, 7) is 2.33. The van der Waals surface area contributed by atoms with Gasteiger partial charge in [0.15, 0.2) is 0 Å². The topological polar surface area (TPSA) is 39.6 Å². The van der Waals surface area contributed by atoms with Gasteiger partial charge in [-0.15, -0.1) is 0 Å². The van der Waals surface area contributed by atoms with Gasteiger partial charge < -0.3 is 14.9 Å². The molecule has 1 saturated heterocycles. The van der Waals surface area contributed by atoms with Crippen LogP contribution in [0.5, 0.6) is 0 Å². The largest absolute Gasteiger partial charge is 0.392 e. The molecule has 1 N–H and O–H groups in total. The molecule has 0 amide bonds. The van der Waals surface area contributed by atoms with Gasteiger partial charge in [0.05, 0.1) is 6.61 Å². The number of aromatic nitrogens is 1. The van der Waals surface area contributed by atoms with Crippen LogP contribution in [0.4, 0.5) is 5.69 Å². The predicted molar refractivity (Wildman–Crippen MR) is 69.1 cm³/mol. The number of nitrogens with zero attached hydrogens (tertiary/aromatic N) is 3. The van der Waals surface area contributed by atoms with Gasteiger partial charge in [0.1, 0.15) is 0 Å². The molecule has 2 heterocycles. The normalized spacial score (nSPS) is 21.5. The van der Waals surface area contributed by atoms with Crippen LogP contribution in [0.15, 0.2) is 18.5 Å². The first-order chi connectivity index (χ1) is 8.22. The van der Waals surface area contributed by atoms with Crippen LogP contribution in [-0.2, 0) is 6.61 Å². The van der Waals surface area contributed by atoms with Crippen molar-refractivity contribution in [2.45, 2.75) is 25.5 Å². The minimum Gasteiger partial charge on any atom is -0.392 e. The fraction of sp³-hybridized carbons (Fsp3) is 0.615. The molecule has 2 rings (SSSR count). The summed E-state index contributed by atoms with van der Waals surface area (Å²) in [7, 11) is 4.28. The Morgan fingerprint density at radius 3 is 3.12 bits per heavy atom. The van der Waals surface area contributed by atoms with Crippen LogP contribution in [0.2, 0.25) is 0 Å². The molecule has 0 aliphatic carbocycles. The van der Waals surface area contributed by atoms with Gasteiger partial charge in [-0.2, -0.15) is 0 Å². The molecule has 1 aliphatic rings. The maximum absolute atomic E-state index is 9.34. The van der Waals surface area contributed by atoms with Crippen molar-refractivity contribution in [3.63, 3.8) is 0 Å². The second-order valence-electron chi connectivity index (χ2n) is 4.83. The zero-order valence-corrected chi connectivity index (χ0v) is 10.6. The molecule has 4 nitrogen and oxygen atoms in total. The Labute approximate surface area is 103 Å². The Balaban J connectivity index is 2.15. The number of aliphatic hydroxyl groups excluding tert-OH is 1. The Bertz CT molecular complexity index is 369. The Hall–Kier alpha value is -1.13. The molecule has 1 unspecified atom stereocenters. The number of aliphatic hydroxyl groups is 1. The molecule has 0 spiro atoms. The fourth-order valence-corrected chi connectivity index (χ4v) is 2.54. The van der Waals surface area contributed by atoms with Gasteiger partial charge in [0.25, 0.3) is 0 Å². The van der Waals surface area contributed by atoms with E-state index in [2.05, 4.69) is 28.9 Å². The number of piperidine rings is 1. The van der Waals surface area contributed by atoms with Crippen LogP contribution in [0.25, 0.3) is 0 Å². The van der Waals surface area contributed by atoms with Crippen LogP contribution in [0.3, 0.4) is 0 Å². The molecule has 0 saturated carbocycles. The van der Waals surface area contributed by atoms with E-state index in [-0.39, 0.29) is 6.61 Å². The highest BCUT2D eigenvalue weighted by Crippen LogP contribution is 2.23. The number of hydrogen-bond donors (Lipinski definition) is 1. The molecule has 1 atom stereocenters. The van der Waals surface area contributed by atoms with E-state index >= 15 is 0 Å². The van der Waals surface area contributed by atoms with E-state index in [1.807, 2.05) is 6.07 Å².